The Kier molecular flexibility index (Phi) is 5.92. The van der Waals surface area contributed by atoms with E-state index in [1.165, 1.54) is 16.7 Å². The van der Waals surface area contributed by atoms with Crippen LogP contribution in [0.15, 0.2) is 58.5 Å². The summed E-state index contributed by atoms with van der Waals surface area (Å²) in [6.07, 6.45) is 0. The van der Waals surface area contributed by atoms with Gasteiger partial charge in [0.05, 0.1) is 55.1 Å². The third-order valence-corrected chi connectivity index (χ3v) is 6.70. The van der Waals surface area contributed by atoms with Crippen molar-refractivity contribution in [3.05, 3.63) is 64.4 Å². The van der Waals surface area contributed by atoms with Gasteiger partial charge in [0.1, 0.15) is 0 Å². The van der Waals surface area contributed by atoms with E-state index in [4.69, 9.17) is 4.98 Å². The number of rotatable bonds is 4. The molecule has 2 aromatic carbocycles. The van der Waals surface area contributed by atoms with Gasteiger partial charge in [-0.15, -0.1) is 0 Å². The Morgan fingerprint density at radius 3 is 2.50 bits per heavy atom. The summed E-state index contributed by atoms with van der Waals surface area (Å²) in [4.78, 5) is 34.6. The number of nitrogens with zero attached hydrogens (tertiary/aromatic N) is 3. The summed E-state index contributed by atoms with van der Waals surface area (Å²) in [5, 5.41) is 0.798. The zero-order valence-electron chi connectivity index (χ0n) is 17.6. The normalized spacial score (nSPS) is 16.0. The number of carbonyl (C=O) groups is 1. The van der Waals surface area contributed by atoms with Crippen LogP contribution in [0.4, 0.5) is 0 Å². The maximum atomic E-state index is 13.4. The minimum Gasteiger partial charge on any atom is -0.334 e. The van der Waals surface area contributed by atoms with Gasteiger partial charge in [-0.25, -0.2) is 4.98 Å². The predicted molar refractivity (Wildman–Crippen MR) is 121 cm³/mol. The highest BCUT2D eigenvalue weighted by atomic mass is 32.2. The molecule has 4 rings (SSSR count). The molecule has 3 aromatic rings. The summed E-state index contributed by atoms with van der Waals surface area (Å²) >= 11 is 1.36. The van der Waals surface area contributed by atoms with E-state index in [0.717, 1.165) is 37.4 Å². The fourth-order valence-electron chi connectivity index (χ4n) is 3.79. The number of para-hydroxylation sites is 2. The lowest BCUT2D eigenvalue weighted by molar-refractivity contribution is -0.883. The molecule has 0 aliphatic carbocycles. The molecule has 2 heterocycles. The minimum atomic E-state index is -0.327. The van der Waals surface area contributed by atoms with Gasteiger partial charge in [0.25, 0.3) is 5.56 Å². The second-order valence-electron chi connectivity index (χ2n) is 7.88. The maximum absolute atomic E-state index is 13.4. The van der Waals surface area contributed by atoms with Crippen LogP contribution in [0.3, 0.4) is 0 Å². The van der Waals surface area contributed by atoms with Crippen molar-refractivity contribution in [1.29, 1.82) is 0 Å². The first-order chi connectivity index (χ1) is 14.5. The predicted octanol–water partition coefficient (Wildman–Crippen LogP) is 1.53. The van der Waals surface area contributed by atoms with Crippen LogP contribution in [0, 0.1) is 6.92 Å². The zero-order chi connectivity index (χ0) is 21.3. The van der Waals surface area contributed by atoms with E-state index in [1.54, 1.807) is 10.6 Å². The summed E-state index contributed by atoms with van der Waals surface area (Å²) in [6.45, 7) is 7.35. The van der Waals surface area contributed by atoms with Gasteiger partial charge in [-0.1, -0.05) is 42.1 Å². The summed E-state index contributed by atoms with van der Waals surface area (Å²) in [6, 6.07) is 15.1. The first-order valence-electron chi connectivity index (χ1n) is 10.3. The molecule has 30 heavy (non-hydrogen) atoms. The first kappa shape index (κ1) is 20.6. The standard InChI is InChI=1S/C23H26N4O2S/c1-16-8-4-7-11-20(16)27-22(29)18-9-5-6-10-19(18)24-23(27)30-17(2)21(28)26-14-12-25(3)13-15-26/h4-11,17H,12-15H2,1-3H3/p+1/t17-/m1/s1. The molecule has 0 unspecified atom stereocenters. The van der Waals surface area contributed by atoms with Crippen molar-refractivity contribution in [2.24, 2.45) is 0 Å². The molecule has 1 aromatic heterocycles. The number of aromatic nitrogens is 2. The third kappa shape index (κ3) is 4.00. The van der Waals surface area contributed by atoms with Crippen molar-refractivity contribution in [3.8, 4) is 5.69 Å². The highest BCUT2D eigenvalue weighted by Crippen LogP contribution is 2.27. The van der Waals surface area contributed by atoms with E-state index in [1.807, 2.05) is 61.2 Å². The molecule has 1 amide bonds. The van der Waals surface area contributed by atoms with E-state index < -0.39 is 0 Å². The molecule has 6 nitrogen and oxygen atoms in total. The smallest absolute Gasteiger partial charge is 0.266 e. The number of hydrogen-bond donors (Lipinski definition) is 1. The summed E-state index contributed by atoms with van der Waals surface area (Å²) < 4.78 is 1.65. The number of amides is 1. The Hall–Kier alpha value is -2.64. The number of quaternary nitrogens is 1. The molecule has 1 aliphatic heterocycles. The molecule has 0 spiro atoms. The fraction of sp³-hybridized carbons (Fsp3) is 0.348. The van der Waals surface area contributed by atoms with Crippen molar-refractivity contribution in [3.63, 3.8) is 0 Å². The molecule has 0 radical (unpaired) electrons. The largest absolute Gasteiger partial charge is 0.334 e. The van der Waals surface area contributed by atoms with Gasteiger partial charge in [0, 0.05) is 0 Å². The zero-order valence-corrected chi connectivity index (χ0v) is 18.4. The topological polar surface area (TPSA) is 59.6 Å². The molecule has 1 aliphatic rings. The quantitative estimate of drug-likeness (QED) is 0.511. The second-order valence-corrected chi connectivity index (χ2v) is 9.19. The average molecular weight is 424 g/mol. The fourth-order valence-corrected chi connectivity index (χ4v) is 4.80. The van der Waals surface area contributed by atoms with Gasteiger partial charge >= 0.3 is 0 Å². The number of hydrogen-bond acceptors (Lipinski definition) is 4. The SMILES string of the molecule is Cc1ccccc1-n1c(S[C@H](C)C(=O)N2CC[NH+](C)CC2)nc2ccccc2c1=O. The molecule has 0 bridgehead atoms. The Bertz CT molecular complexity index is 1140. The van der Waals surface area contributed by atoms with Crippen LogP contribution in [0.25, 0.3) is 16.6 Å². The number of aryl methyl sites for hydroxylation is 1. The Morgan fingerprint density at radius 1 is 1.10 bits per heavy atom. The highest BCUT2D eigenvalue weighted by molar-refractivity contribution is 8.00. The van der Waals surface area contributed by atoms with Gasteiger partial charge in [-0.3, -0.25) is 14.2 Å². The highest BCUT2D eigenvalue weighted by Gasteiger charge is 2.27. The van der Waals surface area contributed by atoms with Gasteiger partial charge in [-0.05, 0) is 37.6 Å². The molecular weight excluding hydrogens is 396 g/mol. The van der Waals surface area contributed by atoms with Gasteiger partial charge in [0.2, 0.25) is 5.91 Å². The first-order valence-corrected chi connectivity index (χ1v) is 11.2. The van der Waals surface area contributed by atoms with E-state index in [2.05, 4.69) is 7.05 Å². The number of nitrogens with one attached hydrogen (secondary N) is 1. The average Bonchev–Trinajstić information content (AvgIpc) is 2.75. The van der Waals surface area contributed by atoms with Crippen LogP contribution in [0.1, 0.15) is 12.5 Å². The second kappa shape index (κ2) is 8.62. The maximum Gasteiger partial charge on any atom is 0.266 e. The monoisotopic (exact) mass is 423 g/mol. The molecule has 1 atom stereocenters. The summed E-state index contributed by atoms with van der Waals surface area (Å²) in [5.41, 5.74) is 2.32. The number of fused-ring (bicyclic) bond motifs is 1. The number of benzene rings is 2. The minimum absolute atomic E-state index is 0.103. The van der Waals surface area contributed by atoms with E-state index >= 15 is 0 Å². The van der Waals surface area contributed by atoms with Crippen LogP contribution in [-0.2, 0) is 4.79 Å². The van der Waals surface area contributed by atoms with E-state index in [9.17, 15) is 9.59 Å². The van der Waals surface area contributed by atoms with Crippen LogP contribution < -0.4 is 10.5 Å². The number of carbonyl (C=O) groups excluding carboxylic acids is 1. The number of thioether (sulfide) groups is 1. The van der Waals surface area contributed by atoms with E-state index in [0.29, 0.717) is 16.1 Å². The number of likely N-dealkylation sites (N-methyl/N-ethyl adjacent to an activating group) is 1. The third-order valence-electron chi connectivity index (χ3n) is 5.66. The van der Waals surface area contributed by atoms with Crippen LogP contribution in [-0.4, -0.2) is 58.8 Å². The Balaban J connectivity index is 1.74. The summed E-state index contributed by atoms with van der Waals surface area (Å²) in [5.74, 6) is 0.103. The van der Waals surface area contributed by atoms with Gasteiger partial charge < -0.3 is 9.80 Å². The van der Waals surface area contributed by atoms with Crippen molar-refractivity contribution < 1.29 is 9.69 Å². The lowest BCUT2D eigenvalue weighted by Gasteiger charge is -2.31. The molecule has 0 saturated carbocycles. The van der Waals surface area contributed by atoms with Gasteiger partial charge in [0.15, 0.2) is 5.16 Å². The van der Waals surface area contributed by atoms with Crippen LogP contribution in [0.2, 0.25) is 0 Å². The van der Waals surface area contributed by atoms with Crippen molar-refractivity contribution >= 4 is 28.6 Å². The van der Waals surface area contributed by atoms with Crippen LogP contribution in [0.5, 0.6) is 0 Å². The van der Waals surface area contributed by atoms with Crippen molar-refractivity contribution in [1.82, 2.24) is 14.5 Å². The molecule has 156 valence electrons. The van der Waals surface area contributed by atoms with E-state index in [-0.39, 0.29) is 16.7 Å². The molecular formula is C23H27N4O2S+. The van der Waals surface area contributed by atoms with Crippen molar-refractivity contribution in [2.75, 3.05) is 33.2 Å². The lowest BCUT2D eigenvalue weighted by atomic mass is 10.2. The summed E-state index contributed by atoms with van der Waals surface area (Å²) in [7, 11) is 2.15. The lowest BCUT2D eigenvalue weighted by Crippen LogP contribution is -3.12. The molecule has 1 N–H and O–H groups in total. The molecule has 1 saturated heterocycles. The van der Waals surface area contributed by atoms with Crippen LogP contribution >= 0.6 is 11.8 Å². The Labute approximate surface area is 180 Å². The molecule has 1 fully saturated rings. The van der Waals surface area contributed by atoms with Crippen molar-refractivity contribution in [2.45, 2.75) is 24.3 Å². The molecule has 7 heteroatoms. The Morgan fingerprint density at radius 2 is 1.77 bits per heavy atom. The van der Waals surface area contributed by atoms with Gasteiger partial charge in [-0.2, -0.15) is 0 Å². The number of piperazine rings is 1.